The molecule has 0 fully saturated rings. The molecule has 100 valence electrons. The summed E-state index contributed by atoms with van der Waals surface area (Å²) in [6.07, 6.45) is 0. The SMILES string of the molecule is COc1cccc2c(C(=O)O)cc(C(C)(C)C)nc12. The number of para-hydroxylation sites is 1. The van der Waals surface area contributed by atoms with E-state index in [1.165, 1.54) is 0 Å². The number of benzene rings is 1. The molecule has 1 aromatic heterocycles. The Morgan fingerprint density at radius 3 is 2.53 bits per heavy atom. The van der Waals surface area contributed by atoms with E-state index < -0.39 is 5.97 Å². The molecule has 0 saturated carbocycles. The maximum atomic E-state index is 11.4. The lowest BCUT2D eigenvalue weighted by molar-refractivity contribution is 0.0699. The van der Waals surface area contributed by atoms with Gasteiger partial charge in [0.1, 0.15) is 11.3 Å². The van der Waals surface area contributed by atoms with Crippen LogP contribution in [-0.2, 0) is 5.41 Å². The molecule has 1 N–H and O–H groups in total. The van der Waals surface area contributed by atoms with E-state index in [0.717, 1.165) is 5.69 Å². The molecule has 0 bridgehead atoms. The highest BCUT2D eigenvalue weighted by Crippen LogP contribution is 2.30. The zero-order valence-corrected chi connectivity index (χ0v) is 11.5. The van der Waals surface area contributed by atoms with Crippen molar-refractivity contribution in [3.05, 3.63) is 35.5 Å². The van der Waals surface area contributed by atoms with Crippen molar-refractivity contribution in [3.63, 3.8) is 0 Å². The number of nitrogens with zero attached hydrogens (tertiary/aromatic N) is 1. The minimum Gasteiger partial charge on any atom is -0.494 e. The minimum absolute atomic E-state index is 0.223. The third-order valence-electron chi connectivity index (χ3n) is 3.02. The van der Waals surface area contributed by atoms with Crippen molar-refractivity contribution in [2.24, 2.45) is 0 Å². The molecule has 0 amide bonds. The van der Waals surface area contributed by atoms with Gasteiger partial charge in [-0.05, 0) is 12.1 Å². The quantitative estimate of drug-likeness (QED) is 0.899. The second-order valence-electron chi connectivity index (χ2n) is 5.47. The molecule has 0 aliphatic carbocycles. The molecule has 19 heavy (non-hydrogen) atoms. The van der Waals surface area contributed by atoms with Gasteiger partial charge >= 0.3 is 5.97 Å². The molecule has 0 aliphatic heterocycles. The Labute approximate surface area is 112 Å². The van der Waals surface area contributed by atoms with Gasteiger partial charge in [0.2, 0.25) is 0 Å². The average molecular weight is 259 g/mol. The van der Waals surface area contributed by atoms with E-state index in [0.29, 0.717) is 16.7 Å². The fourth-order valence-electron chi connectivity index (χ4n) is 1.95. The Kier molecular flexibility index (Phi) is 3.18. The van der Waals surface area contributed by atoms with Crippen LogP contribution in [0.5, 0.6) is 5.75 Å². The van der Waals surface area contributed by atoms with E-state index in [1.54, 1.807) is 31.4 Å². The van der Waals surface area contributed by atoms with E-state index in [2.05, 4.69) is 4.98 Å². The van der Waals surface area contributed by atoms with Gasteiger partial charge < -0.3 is 9.84 Å². The van der Waals surface area contributed by atoms with Crippen LogP contribution in [0.3, 0.4) is 0 Å². The first-order valence-electron chi connectivity index (χ1n) is 6.06. The zero-order chi connectivity index (χ0) is 14.2. The lowest BCUT2D eigenvalue weighted by atomic mass is 9.90. The third kappa shape index (κ3) is 2.38. The number of aromatic carboxylic acids is 1. The van der Waals surface area contributed by atoms with Gasteiger partial charge in [-0.1, -0.05) is 32.9 Å². The van der Waals surface area contributed by atoms with Crippen molar-refractivity contribution in [1.29, 1.82) is 0 Å². The summed E-state index contributed by atoms with van der Waals surface area (Å²) in [5.41, 5.74) is 1.37. The molecule has 4 nitrogen and oxygen atoms in total. The Morgan fingerprint density at radius 1 is 1.32 bits per heavy atom. The fourth-order valence-corrected chi connectivity index (χ4v) is 1.95. The lowest BCUT2D eigenvalue weighted by Crippen LogP contribution is -2.15. The van der Waals surface area contributed by atoms with Crippen LogP contribution in [0.4, 0.5) is 0 Å². The summed E-state index contributed by atoms with van der Waals surface area (Å²) in [6, 6.07) is 6.95. The van der Waals surface area contributed by atoms with Crippen LogP contribution in [0.25, 0.3) is 10.9 Å². The summed E-state index contributed by atoms with van der Waals surface area (Å²) in [6.45, 7) is 6.01. The molecule has 0 saturated heterocycles. The number of aromatic nitrogens is 1. The molecule has 0 aliphatic rings. The molecule has 0 spiro atoms. The summed E-state index contributed by atoms with van der Waals surface area (Å²) in [7, 11) is 1.56. The van der Waals surface area contributed by atoms with Gasteiger partial charge in [-0.3, -0.25) is 0 Å². The molecule has 1 heterocycles. The van der Waals surface area contributed by atoms with Crippen molar-refractivity contribution in [3.8, 4) is 5.75 Å². The van der Waals surface area contributed by atoms with Crippen LogP contribution < -0.4 is 4.74 Å². The number of carboxylic acids is 1. The van der Waals surface area contributed by atoms with Gasteiger partial charge in [-0.25, -0.2) is 9.78 Å². The molecule has 0 atom stereocenters. The average Bonchev–Trinajstić information content (AvgIpc) is 2.35. The van der Waals surface area contributed by atoms with Crippen molar-refractivity contribution in [1.82, 2.24) is 4.98 Å². The number of methoxy groups -OCH3 is 1. The second-order valence-corrected chi connectivity index (χ2v) is 5.47. The third-order valence-corrected chi connectivity index (χ3v) is 3.02. The topological polar surface area (TPSA) is 59.4 Å². The number of carboxylic acid groups (broad SMARTS) is 1. The van der Waals surface area contributed by atoms with Gasteiger partial charge in [0, 0.05) is 16.5 Å². The van der Waals surface area contributed by atoms with Crippen LogP contribution in [0.1, 0.15) is 36.8 Å². The Balaban J connectivity index is 2.88. The highest BCUT2D eigenvalue weighted by atomic mass is 16.5. The van der Waals surface area contributed by atoms with E-state index in [-0.39, 0.29) is 11.0 Å². The molecular weight excluding hydrogens is 242 g/mol. The van der Waals surface area contributed by atoms with Crippen molar-refractivity contribution >= 4 is 16.9 Å². The molecule has 0 unspecified atom stereocenters. The van der Waals surface area contributed by atoms with E-state index in [4.69, 9.17) is 4.74 Å². The van der Waals surface area contributed by atoms with Crippen LogP contribution in [0.2, 0.25) is 0 Å². The predicted molar refractivity (Wildman–Crippen MR) is 74.0 cm³/mol. The monoisotopic (exact) mass is 259 g/mol. The molecule has 2 aromatic rings. The first kappa shape index (κ1) is 13.3. The van der Waals surface area contributed by atoms with Crippen LogP contribution in [0.15, 0.2) is 24.3 Å². The van der Waals surface area contributed by atoms with Gasteiger partial charge in [-0.15, -0.1) is 0 Å². The summed E-state index contributed by atoms with van der Waals surface area (Å²) >= 11 is 0. The number of fused-ring (bicyclic) bond motifs is 1. The summed E-state index contributed by atoms with van der Waals surface area (Å²) in [4.78, 5) is 16.0. The number of ether oxygens (including phenoxy) is 1. The fraction of sp³-hybridized carbons (Fsp3) is 0.333. The van der Waals surface area contributed by atoms with Crippen molar-refractivity contribution < 1.29 is 14.6 Å². The molecule has 1 aromatic carbocycles. The number of hydrogen-bond donors (Lipinski definition) is 1. The number of rotatable bonds is 2. The Morgan fingerprint density at radius 2 is 2.00 bits per heavy atom. The molecule has 4 heteroatoms. The normalized spacial score (nSPS) is 11.6. The maximum absolute atomic E-state index is 11.4. The largest absolute Gasteiger partial charge is 0.494 e. The number of carbonyl (C=O) groups is 1. The first-order chi connectivity index (χ1) is 8.84. The Hall–Kier alpha value is -2.10. The van der Waals surface area contributed by atoms with E-state index in [9.17, 15) is 9.90 Å². The van der Waals surface area contributed by atoms with Crippen LogP contribution >= 0.6 is 0 Å². The standard InChI is InChI=1S/C15H17NO3/c1-15(2,3)12-8-10(14(17)18)9-6-5-7-11(19-4)13(9)16-12/h5-8H,1-4H3,(H,17,18). The smallest absolute Gasteiger partial charge is 0.336 e. The van der Waals surface area contributed by atoms with Crippen molar-refractivity contribution in [2.45, 2.75) is 26.2 Å². The van der Waals surface area contributed by atoms with Crippen molar-refractivity contribution in [2.75, 3.05) is 7.11 Å². The van der Waals surface area contributed by atoms with Gasteiger partial charge in [0.25, 0.3) is 0 Å². The summed E-state index contributed by atoms with van der Waals surface area (Å²) in [5.74, 6) is -0.364. The maximum Gasteiger partial charge on any atom is 0.336 e. The van der Waals surface area contributed by atoms with Gasteiger partial charge in [-0.2, -0.15) is 0 Å². The van der Waals surface area contributed by atoms with E-state index >= 15 is 0 Å². The highest BCUT2D eigenvalue weighted by Gasteiger charge is 2.21. The minimum atomic E-state index is -0.953. The van der Waals surface area contributed by atoms with Gasteiger partial charge in [0.15, 0.2) is 0 Å². The summed E-state index contributed by atoms with van der Waals surface area (Å²) < 4.78 is 5.27. The Bertz CT molecular complexity index is 642. The van der Waals surface area contributed by atoms with Gasteiger partial charge in [0.05, 0.1) is 12.7 Å². The zero-order valence-electron chi connectivity index (χ0n) is 11.5. The second kappa shape index (κ2) is 4.53. The molecule has 0 radical (unpaired) electrons. The highest BCUT2D eigenvalue weighted by molar-refractivity contribution is 6.04. The first-order valence-corrected chi connectivity index (χ1v) is 6.06. The van der Waals surface area contributed by atoms with E-state index in [1.807, 2.05) is 20.8 Å². The molecular formula is C15H17NO3. The predicted octanol–water partition coefficient (Wildman–Crippen LogP) is 3.24. The summed E-state index contributed by atoms with van der Waals surface area (Å²) in [5, 5.41) is 9.97. The van der Waals surface area contributed by atoms with Crippen LogP contribution in [0, 0.1) is 0 Å². The number of pyridine rings is 1. The van der Waals surface area contributed by atoms with Crippen LogP contribution in [-0.4, -0.2) is 23.2 Å². The molecule has 2 rings (SSSR count). The number of hydrogen-bond acceptors (Lipinski definition) is 3. The lowest BCUT2D eigenvalue weighted by Gasteiger charge is -2.19.